The molecule has 3 aromatic heterocycles. The number of nitrogens with two attached hydrogens (primary N) is 1. The third-order valence-corrected chi connectivity index (χ3v) is 17.9. The van der Waals surface area contributed by atoms with Crippen LogP contribution in [0.15, 0.2) is 35.8 Å². The van der Waals surface area contributed by atoms with E-state index in [2.05, 4.69) is 35.8 Å². The molecule has 4 aliphatic heterocycles. The molecule has 84 heavy (non-hydrogen) atoms. The number of nitrogens with zero attached hydrogens (tertiary/aromatic N) is 7. The first-order valence-electron chi connectivity index (χ1n) is 28.9. The van der Waals surface area contributed by atoms with Gasteiger partial charge < -0.3 is 50.8 Å². The fraction of sp³-hybridized carbons (Fsp3) is 0.576. The largest absolute Gasteiger partial charge is 0.493 e. The topological polar surface area (TPSA) is 223 Å². The Hall–Kier alpha value is -6.05. The number of hydrogen-bond acceptors (Lipinski definition) is 16. The van der Waals surface area contributed by atoms with Crippen molar-refractivity contribution >= 4 is 63.2 Å². The number of rotatable bonds is 22. The summed E-state index contributed by atoms with van der Waals surface area (Å²) >= 11 is 8.21. The van der Waals surface area contributed by atoms with Crippen LogP contribution in [0.5, 0.6) is 11.8 Å². The molecule has 5 aliphatic rings. The predicted octanol–water partition coefficient (Wildman–Crippen LogP) is 8.49. The average molecular weight is 1210 g/mol. The number of alkyl halides is 4. The lowest BCUT2D eigenvalue weighted by Crippen LogP contribution is -2.57. The standard InChI is InChI=1S/C59H73ClF5N11O7S/c1-32-21-44(66)70-50(47(32)59(63,64)65)46-42(60)25-41-49(48(46)61)71-56(73-53(41)75-27-36-12-13-37(28-75)69-36)83-30-38-9-6-16-74(38)17-7-18-81-19-8-20-82-43-22-34(51-33(2)68-31-84-51)10-11-35(43)26-67-45(78)24-39-23-40(77)29-76(39)54(79)52(57(3,4)5)72-55(80)58(62)14-15-58/h10-11,21-22,25,31,36-40,52,69,77H,6-9,12-20,23-24,26-30H2,1-5H3,(H2,66,70)(H,67,78)(H,72,80)/t36?,37?,38-,39-,40+,52-/m0/s1. The molecule has 25 heteroatoms. The molecule has 0 radical (unpaired) electrons. The van der Waals surface area contributed by atoms with E-state index >= 15 is 4.39 Å². The predicted molar refractivity (Wildman–Crippen MR) is 309 cm³/mol. The molecule has 2 bridgehead atoms. The molecular weight excluding hydrogens is 1140 g/mol. The molecular formula is C59H73ClF5N11O7S. The normalized spacial score (nSPS) is 21.7. The number of halogens is 6. The van der Waals surface area contributed by atoms with Crippen molar-refractivity contribution in [3.8, 4) is 33.5 Å². The first-order chi connectivity index (χ1) is 39.9. The minimum atomic E-state index is -4.89. The summed E-state index contributed by atoms with van der Waals surface area (Å²) in [6.45, 7) is 12.7. The molecule has 1 aliphatic carbocycles. The monoisotopic (exact) mass is 1210 g/mol. The number of ether oxygens (including phenoxy) is 3. The molecule has 6 atom stereocenters. The summed E-state index contributed by atoms with van der Waals surface area (Å²) in [6.07, 6.45) is -0.501. The number of benzene rings is 2. The smallest absolute Gasteiger partial charge is 0.418 e. The highest BCUT2D eigenvalue weighted by atomic mass is 35.5. The van der Waals surface area contributed by atoms with Gasteiger partial charge in [0.15, 0.2) is 11.5 Å². The van der Waals surface area contributed by atoms with Gasteiger partial charge in [-0.1, -0.05) is 44.5 Å². The zero-order valence-electron chi connectivity index (χ0n) is 47.9. The maximum atomic E-state index is 17.0. The summed E-state index contributed by atoms with van der Waals surface area (Å²) in [5.41, 5.74) is 4.58. The van der Waals surface area contributed by atoms with Crippen LogP contribution in [0.4, 0.5) is 33.6 Å². The summed E-state index contributed by atoms with van der Waals surface area (Å²) in [5.74, 6) is -1.99. The number of aliphatic hydroxyl groups excluding tert-OH is 1. The number of aromatic nitrogens is 4. The van der Waals surface area contributed by atoms with Crippen molar-refractivity contribution in [1.29, 1.82) is 0 Å². The van der Waals surface area contributed by atoms with Gasteiger partial charge in [0.25, 0.3) is 5.91 Å². The van der Waals surface area contributed by atoms with Crippen LogP contribution in [0.1, 0.15) is 107 Å². The van der Waals surface area contributed by atoms with Crippen molar-refractivity contribution in [3.05, 3.63) is 69.1 Å². The Bertz CT molecular complexity index is 3240. The van der Waals surface area contributed by atoms with E-state index in [0.717, 1.165) is 66.4 Å². The first-order valence-corrected chi connectivity index (χ1v) is 30.1. The zero-order chi connectivity index (χ0) is 59.8. The number of β-amino-alcohol motifs (C(OH)–C–C–N with tert-alkyl or cyclic N) is 1. The van der Waals surface area contributed by atoms with Crippen LogP contribution in [-0.4, -0.2) is 154 Å². The fourth-order valence-electron chi connectivity index (χ4n) is 12.1. The summed E-state index contributed by atoms with van der Waals surface area (Å²) < 4.78 is 94.0. The van der Waals surface area contributed by atoms with Gasteiger partial charge in [-0.15, -0.1) is 11.3 Å². The Kier molecular flexibility index (Phi) is 18.3. The van der Waals surface area contributed by atoms with Crippen LogP contribution < -0.4 is 36.1 Å². The SMILES string of the molecule is Cc1cc(N)nc(-c2c(Cl)cc3c(N4CC5CCC(C4)N5)nc(OC[C@@H]4CCCN4CCCOCCCOc4cc(-c5scnc5C)ccc4CNC(=O)C[C@@H]4C[C@@H](O)CN4C(=O)[C@H](NC(=O)C4(F)CC4)C(C)(C)C)nc3c2F)c1C(F)(F)F. The highest BCUT2D eigenvalue weighted by molar-refractivity contribution is 7.13. The van der Waals surface area contributed by atoms with E-state index in [4.69, 9.17) is 36.5 Å². The van der Waals surface area contributed by atoms with Gasteiger partial charge >= 0.3 is 12.2 Å². The van der Waals surface area contributed by atoms with E-state index in [1.807, 2.05) is 30.0 Å². The number of fused-ring (bicyclic) bond motifs is 3. The van der Waals surface area contributed by atoms with Crippen molar-refractivity contribution in [2.24, 2.45) is 5.41 Å². The van der Waals surface area contributed by atoms with Crippen LogP contribution in [-0.2, 0) is 31.8 Å². The number of aryl methyl sites for hydroxylation is 2. The van der Waals surface area contributed by atoms with E-state index < -0.39 is 69.9 Å². The number of carbonyl (C=O) groups excluding carboxylic acids is 3. The highest BCUT2D eigenvalue weighted by Crippen LogP contribution is 2.46. The number of anilines is 2. The van der Waals surface area contributed by atoms with E-state index in [1.54, 1.807) is 26.3 Å². The van der Waals surface area contributed by atoms with E-state index in [9.17, 15) is 37.1 Å². The second-order valence-electron chi connectivity index (χ2n) is 24.1. The number of amides is 3. The third kappa shape index (κ3) is 13.8. The van der Waals surface area contributed by atoms with Crippen LogP contribution in [0.3, 0.4) is 0 Å². The van der Waals surface area contributed by atoms with Gasteiger partial charge in [0.1, 0.15) is 35.6 Å². The Morgan fingerprint density at radius 1 is 0.976 bits per heavy atom. The van der Waals surface area contributed by atoms with Gasteiger partial charge in [-0.2, -0.15) is 23.1 Å². The number of hydrogen-bond donors (Lipinski definition) is 5. The van der Waals surface area contributed by atoms with Crippen molar-refractivity contribution in [3.63, 3.8) is 0 Å². The van der Waals surface area contributed by atoms with Gasteiger partial charge in [0.2, 0.25) is 11.8 Å². The molecule has 7 heterocycles. The Balaban J connectivity index is 0.731. The van der Waals surface area contributed by atoms with Gasteiger partial charge in [0.05, 0.1) is 50.6 Å². The van der Waals surface area contributed by atoms with Gasteiger partial charge in [-0.25, -0.2) is 18.7 Å². The van der Waals surface area contributed by atoms with Crippen molar-refractivity contribution in [1.82, 2.24) is 45.7 Å². The number of carbonyl (C=O) groups is 3. The van der Waals surface area contributed by atoms with Crippen molar-refractivity contribution in [2.45, 2.75) is 154 Å². The van der Waals surface area contributed by atoms with E-state index in [1.165, 1.54) is 29.2 Å². The molecule has 18 nitrogen and oxygen atoms in total. The molecule has 10 rings (SSSR count). The molecule has 6 N–H and O–H groups in total. The van der Waals surface area contributed by atoms with Crippen LogP contribution in [0.25, 0.3) is 32.6 Å². The molecule has 1 saturated carbocycles. The van der Waals surface area contributed by atoms with Crippen molar-refractivity contribution < 1.29 is 55.7 Å². The van der Waals surface area contributed by atoms with Gasteiger partial charge in [0, 0.05) is 93.9 Å². The Labute approximate surface area is 493 Å². The Morgan fingerprint density at radius 3 is 2.43 bits per heavy atom. The summed E-state index contributed by atoms with van der Waals surface area (Å²) in [5, 5.41) is 19.8. The lowest BCUT2D eigenvalue weighted by Gasteiger charge is -2.36. The maximum absolute atomic E-state index is 17.0. The number of pyridine rings is 1. The van der Waals surface area contributed by atoms with E-state index in [0.29, 0.717) is 57.4 Å². The number of thiazole rings is 1. The molecule has 5 fully saturated rings. The highest BCUT2D eigenvalue weighted by Gasteiger charge is 2.53. The number of aliphatic hydroxyl groups is 1. The lowest BCUT2D eigenvalue weighted by atomic mass is 9.85. The van der Waals surface area contributed by atoms with Crippen molar-refractivity contribution in [2.75, 3.05) is 69.8 Å². The second-order valence-corrected chi connectivity index (χ2v) is 25.3. The maximum Gasteiger partial charge on any atom is 0.418 e. The van der Waals surface area contributed by atoms with E-state index in [-0.39, 0.29) is 103 Å². The molecule has 2 unspecified atom stereocenters. The van der Waals surface area contributed by atoms with Gasteiger partial charge in [-0.05, 0) is 106 Å². The number of likely N-dealkylation sites (tertiary alicyclic amines) is 2. The quantitative estimate of drug-likeness (QED) is 0.0324. The molecule has 454 valence electrons. The molecule has 2 aromatic carbocycles. The first kappa shape index (κ1) is 61.1. The Morgan fingerprint density at radius 2 is 1.73 bits per heavy atom. The van der Waals surface area contributed by atoms with Crippen LogP contribution in [0, 0.1) is 25.1 Å². The average Bonchev–Trinajstić information content (AvgIpc) is 1.12. The number of nitrogens with one attached hydrogen (secondary N) is 3. The summed E-state index contributed by atoms with van der Waals surface area (Å²) in [4.78, 5) is 64.7. The second kappa shape index (κ2) is 25.1. The van der Waals surface area contributed by atoms with Crippen LogP contribution in [0.2, 0.25) is 5.02 Å². The van der Waals surface area contributed by atoms with Gasteiger partial charge in [-0.3, -0.25) is 19.3 Å². The zero-order valence-corrected chi connectivity index (χ0v) is 49.4. The molecule has 4 saturated heterocycles. The lowest BCUT2D eigenvalue weighted by molar-refractivity contribution is -0.142. The number of nitrogen functional groups attached to an aromatic ring is 1. The number of piperazine rings is 1. The molecule has 3 amide bonds. The molecule has 5 aromatic rings. The summed E-state index contributed by atoms with van der Waals surface area (Å²) in [7, 11) is 0. The van der Waals surface area contributed by atoms with Crippen LogP contribution >= 0.6 is 22.9 Å². The molecule has 0 spiro atoms. The third-order valence-electron chi connectivity index (χ3n) is 16.6. The summed E-state index contributed by atoms with van der Waals surface area (Å²) in [6, 6.07) is 6.81. The minimum Gasteiger partial charge on any atom is -0.493 e. The fourth-order valence-corrected chi connectivity index (χ4v) is 13.1. The minimum absolute atomic E-state index is 0.0145.